The average Bonchev–Trinajstić information content (AvgIpc) is 3.49. The molecule has 276 valence electrons. The van der Waals surface area contributed by atoms with Gasteiger partial charge >= 0.3 is 6.09 Å². The van der Waals surface area contributed by atoms with Crippen molar-refractivity contribution in [2.45, 2.75) is 89.1 Å². The van der Waals surface area contributed by atoms with Crippen molar-refractivity contribution in [2.75, 3.05) is 26.4 Å². The van der Waals surface area contributed by atoms with Gasteiger partial charge in [-0.15, -0.1) is 12.4 Å². The van der Waals surface area contributed by atoms with Gasteiger partial charge in [0, 0.05) is 5.54 Å². The monoisotopic (exact) mass is 716 g/mol. The second-order valence-corrected chi connectivity index (χ2v) is 13.9. The molecule has 2 unspecified atom stereocenters. The summed E-state index contributed by atoms with van der Waals surface area (Å²) in [5.74, 6) is 1.83. The van der Waals surface area contributed by atoms with E-state index in [0.29, 0.717) is 6.61 Å². The summed E-state index contributed by atoms with van der Waals surface area (Å²) in [6.45, 7) is 5.84. The van der Waals surface area contributed by atoms with Crippen molar-refractivity contribution in [3.05, 3.63) is 131 Å². The minimum atomic E-state index is -0.506. The molecule has 1 fully saturated rings. The molecule has 51 heavy (non-hydrogen) atoms. The van der Waals surface area contributed by atoms with Crippen LogP contribution in [0.5, 0.6) is 11.5 Å². The number of unbranched alkanes of at least 4 members (excludes halogenated alkanes) is 2. The number of nitrogens with two attached hydrogens (primary N) is 1. The molecular formula is C43H57ClN2O5. The van der Waals surface area contributed by atoms with Gasteiger partial charge in [-0.25, -0.2) is 4.79 Å². The lowest BCUT2D eigenvalue weighted by molar-refractivity contribution is 0.172. The van der Waals surface area contributed by atoms with Crippen molar-refractivity contribution in [2.24, 2.45) is 5.73 Å². The number of cyclic esters (lactones) is 1. The van der Waals surface area contributed by atoms with E-state index in [1.54, 1.807) is 0 Å². The molecule has 1 aliphatic heterocycles. The van der Waals surface area contributed by atoms with Gasteiger partial charge in [0.1, 0.15) is 18.1 Å². The van der Waals surface area contributed by atoms with E-state index in [0.717, 1.165) is 88.9 Å². The number of ether oxygens (including phenoxy) is 3. The first-order valence-electron chi connectivity index (χ1n) is 18.1. The zero-order valence-corrected chi connectivity index (χ0v) is 31.2. The van der Waals surface area contributed by atoms with E-state index >= 15 is 0 Å². The topological polar surface area (TPSA) is 103 Å². The molecule has 0 aliphatic carbocycles. The largest absolute Gasteiger partial charge is 0.494 e. The number of halogens is 1. The molecule has 0 radical (unpaired) electrons. The number of carbonyl (C=O) groups is 1. The Kier molecular flexibility index (Phi) is 17.9. The Bertz CT molecular complexity index is 1520. The van der Waals surface area contributed by atoms with Crippen LogP contribution in [0.4, 0.5) is 4.79 Å². The number of benzene rings is 4. The maximum Gasteiger partial charge on any atom is 0.407 e. The van der Waals surface area contributed by atoms with E-state index in [1.165, 1.54) is 22.3 Å². The van der Waals surface area contributed by atoms with Crippen LogP contribution in [0, 0.1) is 0 Å². The molecular weight excluding hydrogens is 660 g/mol. The van der Waals surface area contributed by atoms with Crippen LogP contribution in [0.15, 0.2) is 109 Å². The van der Waals surface area contributed by atoms with Gasteiger partial charge in [0.25, 0.3) is 0 Å². The van der Waals surface area contributed by atoms with Gasteiger partial charge in [0.15, 0.2) is 0 Å². The smallest absolute Gasteiger partial charge is 0.407 e. The number of hydrogen-bond donors (Lipinski definition) is 3. The fourth-order valence-corrected chi connectivity index (χ4v) is 5.64. The average molecular weight is 717 g/mol. The summed E-state index contributed by atoms with van der Waals surface area (Å²) in [5.41, 5.74) is 10.4. The minimum absolute atomic E-state index is 0. The van der Waals surface area contributed by atoms with Crippen LogP contribution in [0.3, 0.4) is 0 Å². The molecule has 0 bridgehead atoms. The minimum Gasteiger partial charge on any atom is -0.494 e. The van der Waals surface area contributed by atoms with Gasteiger partial charge in [0.2, 0.25) is 0 Å². The van der Waals surface area contributed by atoms with Crippen LogP contribution in [-0.4, -0.2) is 48.7 Å². The molecule has 4 aromatic rings. The SMILES string of the molecule is CC(N)(CO)CCc1ccc(OCCCCc2ccccc2)cc1.CC1(CCc2ccc(OCCCCc3ccccc3)cc2)COC(=O)N1.Cl. The van der Waals surface area contributed by atoms with Crippen molar-refractivity contribution in [1.82, 2.24) is 5.32 Å². The van der Waals surface area contributed by atoms with E-state index in [9.17, 15) is 9.90 Å². The first-order chi connectivity index (χ1) is 24.2. The Labute approximate surface area is 311 Å². The quantitative estimate of drug-likeness (QED) is 0.0840. The van der Waals surface area contributed by atoms with Crippen LogP contribution in [0.25, 0.3) is 0 Å². The van der Waals surface area contributed by atoms with E-state index < -0.39 is 5.54 Å². The highest BCUT2D eigenvalue weighted by molar-refractivity contribution is 5.85. The molecule has 5 rings (SSSR count). The second-order valence-electron chi connectivity index (χ2n) is 13.9. The van der Waals surface area contributed by atoms with Gasteiger partial charge in [0.05, 0.1) is 25.4 Å². The molecule has 4 N–H and O–H groups in total. The number of carbonyl (C=O) groups excluding carboxylic acids is 1. The fraction of sp³-hybridized carbons (Fsp3) is 0.419. The summed E-state index contributed by atoms with van der Waals surface area (Å²) in [4.78, 5) is 11.2. The number of hydrogen-bond acceptors (Lipinski definition) is 6. The molecule has 8 heteroatoms. The number of aryl methyl sites for hydroxylation is 4. The first-order valence-corrected chi connectivity index (χ1v) is 18.1. The number of alkyl carbamates (subject to hydrolysis) is 1. The van der Waals surface area contributed by atoms with Gasteiger partial charge in [-0.1, -0.05) is 84.9 Å². The third kappa shape index (κ3) is 16.2. The predicted octanol–water partition coefficient (Wildman–Crippen LogP) is 8.67. The van der Waals surface area contributed by atoms with Crippen LogP contribution in [0.2, 0.25) is 0 Å². The van der Waals surface area contributed by atoms with Gasteiger partial charge in [-0.3, -0.25) is 0 Å². The van der Waals surface area contributed by atoms with Crippen LogP contribution in [0.1, 0.15) is 74.6 Å². The summed E-state index contributed by atoms with van der Waals surface area (Å²) < 4.78 is 16.6. The molecule has 1 aliphatic rings. The maximum atomic E-state index is 11.2. The zero-order valence-electron chi connectivity index (χ0n) is 30.4. The molecule has 7 nitrogen and oxygen atoms in total. The molecule has 0 aromatic heterocycles. The number of amides is 1. The summed E-state index contributed by atoms with van der Waals surface area (Å²) in [6.07, 6.45) is 9.65. The van der Waals surface area contributed by atoms with E-state index in [-0.39, 0.29) is 30.6 Å². The molecule has 0 spiro atoms. The highest BCUT2D eigenvalue weighted by Gasteiger charge is 2.34. The summed E-state index contributed by atoms with van der Waals surface area (Å²) in [6, 6.07) is 37.5. The first kappa shape index (κ1) is 41.4. The third-order valence-corrected chi connectivity index (χ3v) is 9.03. The number of aliphatic hydroxyl groups is 1. The van der Waals surface area contributed by atoms with E-state index in [2.05, 4.69) is 78.1 Å². The van der Waals surface area contributed by atoms with Crippen LogP contribution >= 0.6 is 12.4 Å². The number of rotatable bonds is 19. The summed E-state index contributed by atoms with van der Waals surface area (Å²) in [5, 5.41) is 12.1. The van der Waals surface area contributed by atoms with Crippen molar-refractivity contribution in [1.29, 1.82) is 0 Å². The zero-order chi connectivity index (χ0) is 35.5. The Morgan fingerprint density at radius 2 is 1.16 bits per heavy atom. The molecule has 4 aromatic carbocycles. The third-order valence-electron chi connectivity index (χ3n) is 9.03. The summed E-state index contributed by atoms with van der Waals surface area (Å²) >= 11 is 0. The van der Waals surface area contributed by atoms with Gasteiger partial charge in [-0.2, -0.15) is 0 Å². The van der Waals surface area contributed by atoms with Gasteiger partial charge < -0.3 is 30.4 Å². The highest BCUT2D eigenvalue weighted by Crippen LogP contribution is 2.21. The number of aliphatic hydroxyl groups excluding tert-OH is 1. The van der Waals surface area contributed by atoms with E-state index in [4.69, 9.17) is 19.9 Å². The predicted molar refractivity (Wildman–Crippen MR) is 209 cm³/mol. The summed E-state index contributed by atoms with van der Waals surface area (Å²) in [7, 11) is 0. The Morgan fingerprint density at radius 3 is 1.59 bits per heavy atom. The van der Waals surface area contributed by atoms with Crippen LogP contribution < -0.4 is 20.5 Å². The molecule has 1 saturated heterocycles. The Balaban J connectivity index is 0.000000271. The lowest BCUT2D eigenvalue weighted by Gasteiger charge is -2.21. The highest BCUT2D eigenvalue weighted by atomic mass is 35.5. The lowest BCUT2D eigenvalue weighted by Crippen LogP contribution is -2.40. The van der Waals surface area contributed by atoms with Crippen molar-refractivity contribution in [3.8, 4) is 11.5 Å². The Morgan fingerprint density at radius 1 is 0.706 bits per heavy atom. The van der Waals surface area contributed by atoms with E-state index in [1.807, 2.05) is 50.2 Å². The maximum absolute atomic E-state index is 11.2. The van der Waals surface area contributed by atoms with Crippen molar-refractivity contribution in [3.63, 3.8) is 0 Å². The lowest BCUT2D eigenvalue weighted by atomic mass is 9.95. The normalized spacial score (nSPS) is 16.0. The fourth-order valence-electron chi connectivity index (χ4n) is 5.64. The molecule has 2 atom stereocenters. The second kappa shape index (κ2) is 22.0. The van der Waals surface area contributed by atoms with Crippen molar-refractivity contribution < 1.29 is 24.1 Å². The van der Waals surface area contributed by atoms with Gasteiger partial charge in [-0.05, 0) is 125 Å². The molecule has 0 saturated carbocycles. The Hall–Kier alpha value is -4.04. The van der Waals surface area contributed by atoms with Crippen LogP contribution in [-0.2, 0) is 30.4 Å². The van der Waals surface area contributed by atoms with Crippen molar-refractivity contribution >= 4 is 18.5 Å². The standard InChI is InChI=1S/C22H27NO3.C21H29NO2.ClH/c1-22(17-26-21(24)23-22)15-14-19-10-12-20(13-11-19)25-16-6-5-9-18-7-3-2-4-8-18;1-21(22,17-23)15-14-19-10-12-20(13-11-19)24-16-6-5-9-18-7-3-2-4-8-18;/h2-4,7-8,10-13H,5-6,9,14-17H2,1H3,(H,23,24);2-4,7-8,10-13,23H,5-6,9,14-17,22H2,1H3;1H. The molecule has 1 heterocycles. The molecule has 1 amide bonds. The number of nitrogens with one attached hydrogen (secondary N) is 1.